The molecule has 0 radical (unpaired) electrons. The summed E-state index contributed by atoms with van der Waals surface area (Å²) >= 11 is 0. The van der Waals surface area contributed by atoms with Crippen LogP contribution in [-0.2, 0) is 11.2 Å². The van der Waals surface area contributed by atoms with Gasteiger partial charge in [-0.3, -0.25) is 4.79 Å². The molecule has 0 spiro atoms. The molecule has 2 aliphatic rings. The highest BCUT2D eigenvalue weighted by Crippen LogP contribution is 2.33. The summed E-state index contributed by atoms with van der Waals surface area (Å²) in [5, 5.41) is 15.8. The highest BCUT2D eigenvalue weighted by atomic mass is 16.2. The molecule has 1 saturated carbocycles. The summed E-state index contributed by atoms with van der Waals surface area (Å²) in [5.74, 6) is 1.55. The van der Waals surface area contributed by atoms with Crippen molar-refractivity contribution in [1.82, 2.24) is 19.7 Å². The molecule has 0 bridgehead atoms. The number of likely N-dealkylation sites (tertiary alicyclic amines) is 1. The van der Waals surface area contributed by atoms with Crippen LogP contribution in [0.15, 0.2) is 53.3 Å². The van der Waals surface area contributed by atoms with E-state index in [9.17, 15) is 9.59 Å². The van der Waals surface area contributed by atoms with Gasteiger partial charge < -0.3 is 4.90 Å². The lowest BCUT2D eigenvalue weighted by molar-refractivity contribution is -0.131. The standard InChI is InChI=1S/C24H23N5O2/c25-14-16-1-3-18(4-2-16)19-7-9-21(10-8-19)29-22(26-27-24(29)31)13-17-11-12-28(15-17)23(30)20-5-6-20/h1-4,7-10,17,20H,5-6,11-13,15H2,(H,27,31)/t17-/m0/s1. The average Bonchev–Trinajstić information content (AvgIpc) is 3.45. The van der Waals surface area contributed by atoms with Crippen molar-refractivity contribution in [2.45, 2.75) is 25.7 Å². The van der Waals surface area contributed by atoms with Crippen molar-refractivity contribution in [3.05, 3.63) is 70.4 Å². The van der Waals surface area contributed by atoms with E-state index in [1.165, 1.54) is 0 Å². The molecule has 3 aromatic rings. The van der Waals surface area contributed by atoms with Crippen molar-refractivity contribution in [2.75, 3.05) is 13.1 Å². The Balaban J connectivity index is 1.33. The normalized spacial score (nSPS) is 18.2. The maximum atomic E-state index is 12.5. The number of aromatic nitrogens is 3. The first-order chi connectivity index (χ1) is 15.1. The molecule has 7 heteroatoms. The molecule has 2 heterocycles. The van der Waals surface area contributed by atoms with E-state index < -0.39 is 0 Å². The zero-order valence-electron chi connectivity index (χ0n) is 17.1. The van der Waals surface area contributed by atoms with Gasteiger partial charge in [-0.2, -0.15) is 10.4 Å². The van der Waals surface area contributed by atoms with Crippen LogP contribution in [0.4, 0.5) is 0 Å². The second kappa shape index (κ2) is 7.88. The van der Waals surface area contributed by atoms with Gasteiger partial charge in [0.05, 0.1) is 17.3 Å². The Bertz CT molecular complexity index is 1200. The maximum absolute atomic E-state index is 12.5. The van der Waals surface area contributed by atoms with E-state index in [-0.39, 0.29) is 11.6 Å². The Labute approximate surface area is 179 Å². The number of aromatic amines is 1. The van der Waals surface area contributed by atoms with Crippen LogP contribution in [0.3, 0.4) is 0 Å². The quantitative estimate of drug-likeness (QED) is 0.696. The Morgan fingerprint density at radius 1 is 1.06 bits per heavy atom. The molecule has 1 aromatic heterocycles. The fourth-order valence-electron chi connectivity index (χ4n) is 4.32. The molecular weight excluding hydrogens is 390 g/mol. The summed E-state index contributed by atoms with van der Waals surface area (Å²) < 4.78 is 1.62. The lowest BCUT2D eigenvalue weighted by Crippen LogP contribution is -2.30. The van der Waals surface area contributed by atoms with Gasteiger partial charge in [0.25, 0.3) is 0 Å². The van der Waals surface area contributed by atoms with Crippen LogP contribution in [-0.4, -0.2) is 38.7 Å². The number of benzene rings is 2. The van der Waals surface area contributed by atoms with Crippen LogP contribution in [0.1, 0.15) is 30.7 Å². The number of rotatable bonds is 5. The van der Waals surface area contributed by atoms with Crippen LogP contribution in [0.5, 0.6) is 0 Å². The van der Waals surface area contributed by atoms with Crippen LogP contribution < -0.4 is 5.69 Å². The van der Waals surface area contributed by atoms with E-state index in [1.807, 2.05) is 41.3 Å². The van der Waals surface area contributed by atoms with Gasteiger partial charge in [-0.1, -0.05) is 24.3 Å². The second-order valence-electron chi connectivity index (χ2n) is 8.43. The molecule has 1 atom stereocenters. The molecule has 156 valence electrons. The molecule has 1 aliphatic carbocycles. The molecular formula is C24H23N5O2. The summed E-state index contributed by atoms with van der Waals surface area (Å²) in [5.41, 5.74) is 3.15. The van der Waals surface area contributed by atoms with E-state index in [4.69, 9.17) is 5.26 Å². The minimum absolute atomic E-state index is 0.247. The Morgan fingerprint density at radius 3 is 2.39 bits per heavy atom. The van der Waals surface area contributed by atoms with Gasteiger partial charge in [0.1, 0.15) is 5.82 Å². The second-order valence-corrected chi connectivity index (χ2v) is 8.43. The molecule has 1 saturated heterocycles. The molecule has 1 N–H and O–H groups in total. The van der Waals surface area contributed by atoms with E-state index in [1.54, 1.807) is 16.7 Å². The van der Waals surface area contributed by atoms with Crippen LogP contribution in [0.2, 0.25) is 0 Å². The van der Waals surface area contributed by atoms with Crippen molar-refractivity contribution >= 4 is 5.91 Å². The number of nitriles is 1. The lowest BCUT2D eigenvalue weighted by Gasteiger charge is -2.16. The third-order valence-corrected chi connectivity index (χ3v) is 6.21. The molecule has 2 fully saturated rings. The van der Waals surface area contributed by atoms with Gasteiger partial charge in [0, 0.05) is 25.4 Å². The van der Waals surface area contributed by atoms with E-state index in [2.05, 4.69) is 16.3 Å². The average molecular weight is 413 g/mol. The van der Waals surface area contributed by atoms with Crippen LogP contribution in [0, 0.1) is 23.2 Å². The number of nitrogens with one attached hydrogen (secondary N) is 1. The molecule has 5 rings (SSSR count). The Kier molecular flexibility index (Phi) is 4.91. The predicted molar refractivity (Wildman–Crippen MR) is 115 cm³/mol. The van der Waals surface area contributed by atoms with E-state index in [0.717, 1.165) is 49.2 Å². The topological polar surface area (TPSA) is 94.8 Å². The smallest absolute Gasteiger partial charge is 0.342 e. The first kappa shape index (κ1) is 19.3. The monoisotopic (exact) mass is 413 g/mol. The van der Waals surface area contributed by atoms with Gasteiger partial charge >= 0.3 is 5.69 Å². The number of hydrogen-bond acceptors (Lipinski definition) is 4. The maximum Gasteiger partial charge on any atom is 0.347 e. The number of nitrogens with zero attached hydrogens (tertiary/aromatic N) is 4. The summed E-state index contributed by atoms with van der Waals surface area (Å²) in [7, 11) is 0. The number of amides is 1. The van der Waals surface area contributed by atoms with Crippen molar-refractivity contribution in [1.29, 1.82) is 5.26 Å². The predicted octanol–water partition coefficient (Wildman–Crippen LogP) is 2.90. The molecule has 2 aromatic carbocycles. The number of carbonyl (C=O) groups excluding carboxylic acids is 1. The van der Waals surface area contributed by atoms with Crippen LogP contribution >= 0.6 is 0 Å². The summed E-state index contributed by atoms with van der Waals surface area (Å²) in [6.07, 6.45) is 3.65. The highest BCUT2D eigenvalue weighted by molar-refractivity contribution is 5.81. The van der Waals surface area contributed by atoms with Gasteiger partial charge in [-0.15, -0.1) is 0 Å². The van der Waals surface area contributed by atoms with Gasteiger partial charge in [-0.05, 0) is 60.6 Å². The third-order valence-electron chi connectivity index (χ3n) is 6.21. The summed E-state index contributed by atoms with van der Waals surface area (Å²) in [6, 6.07) is 17.3. The molecule has 0 unspecified atom stereocenters. The number of H-pyrrole nitrogens is 1. The largest absolute Gasteiger partial charge is 0.347 e. The number of hydrogen-bond donors (Lipinski definition) is 1. The van der Waals surface area contributed by atoms with E-state index >= 15 is 0 Å². The minimum atomic E-state index is -0.259. The first-order valence-electron chi connectivity index (χ1n) is 10.7. The van der Waals surface area contributed by atoms with Crippen molar-refractivity contribution in [3.63, 3.8) is 0 Å². The van der Waals surface area contributed by atoms with E-state index in [0.29, 0.717) is 29.6 Å². The van der Waals surface area contributed by atoms with Crippen LogP contribution in [0.25, 0.3) is 16.8 Å². The lowest BCUT2D eigenvalue weighted by atomic mass is 10.0. The van der Waals surface area contributed by atoms with Gasteiger partial charge in [0.15, 0.2) is 0 Å². The fraction of sp³-hybridized carbons (Fsp3) is 0.333. The zero-order chi connectivity index (χ0) is 21.4. The Hall–Kier alpha value is -3.66. The Morgan fingerprint density at radius 2 is 1.74 bits per heavy atom. The van der Waals surface area contributed by atoms with Crippen molar-refractivity contribution in [3.8, 4) is 22.9 Å². The molecule has 31 heavy (non-hydrogen) atoms. The fourth-order valence-corrected chi connectivity index (χ4v) is 4.32. The minimum Gasteiger partial charge on any atom is -0.342 e. The van der Waals surface area contributed by atoms with Crippen molar-refractivity contribution in [2.24, 2.45) is 11.8 Å². The van der Waals surface area contributed by atoms with Gasteiger partial charge in [-0.25, -0.2) is 14.5 Å². The van der Waals surface area contributed by atoms with Crippen molar-refractivity contribution < 1.29 is 4.79 Å². The summed E-state index contributed by atoms with van der Waals surface area (Å²) in [4.78, 5) is 26.8. The first-order valence-corrected chi connectivity index (χ1v) is 10.7. The molecule has 1 amide bonds. The highest BCUT2D eigenvalue weighted by Gasteiger charge is 2.36. The SMILES string of the molecule is N#Cc1ccc(-c2ccc(-n3c(C[C@@H]4CCN(C(=O)C5CC5)C4)n[nH]c3=O)cc2)cc1. The summed E-state index contributed by atoms with van der Waals surface area (Å²) in [6.45, 7) is 1.54. The molecule has 7 nitrogen and oxygen atoms in total. The third kappa shape index (κ3) is 3.89. The molecule has 1 aliphatic heterocycles. The number of carbonyl (C=O) groups is 1. The zero-order valence-corrected chi connectivity index (χ0v) is 17.1. The van der Waals surface area contributed by atoms with Gasteiger partial charge in [0.2, 0.25) is 5.91 Å².